The standard InChI is InChI=1S/C14H19BrN2O3/c1-5-14(2,3)17(4)13(20)16-11-9(12(18)19)7-6-8-10(11)15/h6-8H,5H2,1-4H3,(H,16,20)(H,18,19). The normalized spacial score (nSPS) is 11.1. The van der Waals surface area contributed by atoms with E-state index in [2.05, 4.69) is 21.2 Å². The molecule has 1 aromatic rings. The van der Waals surface area contributed by atoms with Gasteiger partial charge in [0, 0.05) is 17.1 Å². The maximum Gasteiger partial charge on any atom is 0.337 e. The van der Waals surface area contributed by atoms with Gasteiger partial charge in [0.05, 0.1) is 11.3 Å². The van der Waals surface area contributed by atoms with Crippen LogP contribution in [-0.4, -0.2) is 34.6 Å². The summed E-state index contributed by atoms with van der Waals surface area (Å²) >= 11 is 3.26. The molecule has 0 aliphatic rings. The summed E-state index contributed by atoms with van der Waals surface area (Å²) in [6.45, 7) is 5.89. The number of carbonyl (C=O) groups excluding carboxylic acids is 1. The van der Waals surface area contributed by atoms with Crippen LogP contribution in [-0.2, 0) is 0 Å². The molecule has 0 bridgehead atoms. The highest BCUT2D eigenvalue weighted by molar-refractivity contribution is 9.10. The molecule has 1 aromatic carbocycles. The van der Waals surface area contributed by atoms with Crippen molar-refractivity contribution in [1.29, 1.82) is 0 Å². The van der Waals surface area contributed by atoms with E-state index in [1.54, 1.807) is 24.1 Å². The van der Waals surface area contributed by atoms with E-state index in [1.807, 2.05) is 20.8 Å². The van der Waals surface area contributed by atoms with Gasteiger partial charge in [0.1, 0.15) is 0 Å². The number of urea groups is 1. The van der Waals surface area contributed by atoms with Crippen LogP contribution in [0.1, 0.15) is 37.6 Å². The minimum atomic E-state index is -1.08. The van der Waals surface area contributed by atoms with Gasteiger partial charge in [0.25, 0.3) is 0 Å². The Balaban J connectivity index is 3.05. The zero-order valence-electron chi connectivity index (χ0n) is 12.0. The number of anilines is 1. The molecule has 0 saturated carbocycles. The molecule has 0 aromatic heterocycles. The Morgan fingerprint density at radius 1 is 1.40 bits per heavy atom. The Kier molecular flexibility index (Phi) is 5.16. The third-order valence-corrected chi connectivity index (χ3v) is 4.21. The lowest BCUT2D eigenvalue weighted by molar-refractivity contribution is 0.0698. The zero-order valence-corrected chi connectivity index (χ0v) is 13.6. The van der Waals surface area contributed by atoms with Crippen LogP contribution in [0.3, 0.4) is 0 Å². The molecule has 0 heterocycles. The SMILES string of the molecule is CCC(C)(C)N(C)C(=O)Nc1c(Br)cccc1C(=O)O. The number of halogens is 1. The Bertz CT molecular complexity index is 529. The highest BCUT2D eigenvalue weighted by Gasteiger charge is 2.27. The monoisotopic (exact) mass is 342 g/mol. The number of rotatable bonds is 4. The number of hydrogen-bond donors (Lipinski definition) is 2. The topological polar surface area (TPSA) is 69.6 Å². The van der Waals surface area contributed by atoms with Gasteiger partial charge < -0.3 is 15.3 Å². The van der Waals surface area contributed by atoms with E-state index >= 15 is 0 Å². The van der Waals surface area contributed by atoms with Crippen molar-refractivity contribution in [2.75, 3.05) is 12.4 Å². The van der Waals surface area contributed by atoms with Gasteiger partial charge in [0.2, 0.25) is 0 Å². The fourth-order valence-corrected chi connectivity index (χ4v) is 2.00. The number of carbonyl (C=O) groups is 2. The minimum absolute atomic E-state index is 0.0513. The molecule has 6 heteroatoms. The van der Waals surface area contributed by atoms with E-state index in [-0.39, 0.29) is 22.8 Å². The van der Waals surface area contributed by atoms with Crippen LogP contribution in [0.4, 0.5) is 10.5 Å². The van der Waals surface area contributed by atoms with Gasteiger partial charge in [-0.3, -0.25) is 0 Å². The number of hydrogen-bond acceptors (Lipinski definition) is 2. The zero-order chi connectivity index (χ0) is 15.5. The number of nitrogens with zero attached hydrogens (tertiary/aromatic N) is 1. The quantitative estimate of drug-likeness (QED) is 0.874. The van der Waals surface area contributed by atoms with Gasteiger partial charge in [-0.2, -0.15) is 0 Å². The molecule has 0 radical (unpaired) electrons. The van der Waals surface area contributed by atoms with Crippen molar-refractivity contribution >= 4 is 33.6 Å². The number of benzene rings is 1. The molecule has 2 amide bonds. The molecular weight excluding hydrogens is 324 g/mol. The molecule has 20 heavy (non-hydrogen) atoms. The molecule has 2 N–H and O–H groups in total. The van der Waals surface area contributed by atoms with Crippen molar-refractivity contribution in [2.45, 2.75) is 32.7 Å². The van der Waals surface area contributed by atoms with Gasteiger partial charge in [-0.15, -0.1) is 0 Å². The summed E-state index contributed by atoms with van der Waals surface area (Å²) in [4.78, 5) is 25.0. The second-order valence-corrected chi connectivity index (χ2v) is 5.98. The van der Waals surface area contributed by atoms with Crippen LogP contribution >= 0.6 is 15.9 Å². The van der Waals surface area contributed by atoms with E-state index in [0.717, 1.165) is 6.42 Å². The molecule has 0 aliphatic carbocycles. The third kappa shape index (κ3) is 3.50. The predicted octanol–water partition coefficient (Wildman–Crippen LogP) is 3.80. The van der Waals surface area contributed by atoms with Crippen molar-refractivity contribution in [3.8, 4) is 0 Å². The van der Waals surface area contributed by atoms with Gasteiger partial charge in [0.15, 0.2) is 0 Å². The summed E-state index contributed by atoms with van der Waals surface area (Å²) in [5.74, 6) is -1.08. The molecule has 0 atom stereocenters. The number of carboxylic acids is 1. The van der Waals surface area contributed by atoms with E-state index < -0.39 is 5.97 Å². The fraction of sp³-hybridized carbons (Fsp3) is 0.429. The van der Waals surface area contributed by atoms with Crippen molar-refractivity contribution in [3.63, 3.8) is 0 Å². The maximum absolute atomic E-state index is 12.2. The molecular formula is C14H19BrN2O3. The molecule has 0 saturated heterocycles. The molecule has 1 rings (SSSR count). The van der Waals surface area contributed by atoms with Crippen LogP contribution in [0.15, 0.2) is 22.7 Å². The smallest absolute Gasteiger partial charge is 0.337 e. The summed E-state index contributed by atoms with van der Waals surface area (Å²) in [7, 11) is 1.69. The lowest BCUT2D eigenvalue weighted by Gasteiger charge is -2.35. The Hall–Kier alpha value is -1.56. The summed E-state index contributed by atoms with van der Waals surface area (Å²) in [6.07, 6.45) is 0.790. The third-order valence-electron chi connectivity index (χ3n) is 3.55. The predicted molar refractivity (Wildman–Crippen MR) is 82.3 cm³/mol. The molecule has 0 aliphatic heterocycles. The lowest BCUT2D eigenvalue weighted by atomic mass is 10.0. The first-order valence-electron chi connectivity index (χ1n) is 6.27. The van der Waals surface area contributed by atoms with Crippen LogP contribution in [0.25, 0.3) is 0 Å². The van der Waals surface area contributed by atoms with Crippen LogP contribution in [0, 0.1) is 0 Å². The molecule has 5 nitrogen and oxygen atoms in total. The Labute approximate surface area is 127 Å². The lowest BCUT2D eigenvalue weighted by Crippen LogP contribution is -2.46. The van der Waals surface area contributed by atoms with Gasteiger partial charge in [-0.1, -0.05) is 13.0 Å². The van der Waals surface area contributed by atoms with E-state index in [4.69, 9.17) is 5.11 Å². The van der Waals surface area contributed by atoms with Crippen molar-refractivity contribution in [1.82, 2.24) is 4.90 Å². The number of aromatic carboxylic acids is 1. The summed E-state index contributed by atoms with van der Waals surface area (Å²) < 4.78 is 0.536. The summed E-state index contributed by atoms with van der Waals surface area (Å²) in [5.41, 5.74) is 0.00790. The number of para-hydroxylation sites is 1. The van der Waals surface area contributed by atoms with E-state index in [9.17, 15) is 9.59 Å². The van der Waals surface area contributed by atoms with E-state index in [0.29, 0.717) is 4.47 Å². The summed E-state index contributed by atoms with van der Waals surface area (Å²) in [6, 6.07) is 4.41. The fourth-order valence-electron chi connectivity index (χ4n) is 1.53. The first kappa shape index (κ1) is 16.5. The minimum Gasteiger partial charge on any atom is -0.478 e. The highest BCUT2D eigenvalue weighted by atomic mass is 79.9. The first-order valence-corrected chi connectivity index (χ1v) is 7.06. The summed E-state index contributed by atoms with van der Waals surface area (Å²) in [5, 5.41) is 11.8. The molecule has 0 spiro atoms. The molecule has 0 unspecified atom stereocenters. The number of amides is 2. The Morgan fingerprint density at radius 3 is 2.50 bits per heavy atom. The van der Waals surface area contributed by atoms with Crippen molar-refractivity contribution in [3.05, 3.63) is 28.2 Å². The number of nitrogens with one attached hydrogen (secondary N) is 1. The number of carboxylic acid groups (broad SMARTS) is 1. The largest absolute Gasteiger partial charge is 0.478 e. The second-order valence-electron chi connectivity index (χ2n) is 5.12. The molecule has 0 fully saturated rings. The average molecular weight is 343 g/mol. The maximum atomic E-state index is 12.2. The van der Waals surface area contributed by atoms with Crippen molar-refractivity contribution < 1.29 is 14.7 Å². The highest BCUT2D eigenvalue weighted by Crippen LogP contribution is 2.27. The van der Waals surface area contributed by atoms with E-state index in [1.165, 1.54) is 6.07 Å². The van der Waals surface area contributed by atoms with Crippen molar-refractivity contribution in [2.24, 2.45) is 0 Å². The second kappa shape index (κ2) is 6.26. The van der Waals surface area contributed by atoms with Gasteiger partial charge in [-0.25, -0.2) is 9.59 Å². The Morgan fingerprint density at radius 2 is 2.00 bits per heavy atom. The first-order chi connectivity index (χ1) is 9.20. The van der Waals surface area contributed by atoms with Crippen LogP contribution in [0.5, 0.6) is 0 Å². The van der Waals surface area contributed by atoms with Gasteiger partial charge in [-0.05, 0) is 48.3 Å². The van der Waals surface area contributed by atoms with Gasteiger partial charge >= 0.3 is 12.0 Å². The van der Waals surface area contributed by atoms with Crippen LogP contribution in [0.2, 0.25) is 0 Å². The van der Waals surface area contributed by atoms with Crippen LogP contribution < -0.4 is 5.32 Å². The molecule has 110 valence electrons. The average Bonchev–Trinajstić information content (AvgIpc) is 2.39.